The Morgan fingerprint density at radius 2 is 1.64 bits per heavy atom. The van der Waals surface area contributed by atoms with Gasteiger partial charge in [-0.15, -0.1) is 0 Å². The zero-order chi connectivity index (χ0) is 11.6. The molecule has 0 heterocycles. The minimum absolute atomic E-state index is 0.571. The van der Waals surface area contributed by atoms with Crippen LogP contribution in [0.15, 0.2) is 12.1 Å². The molecule has 3 nitrogen and oxygen atoms in total. The Morgan fingerprint density at radius 3 is 1.93 bits per heavy atom. The molecule has 0 saturated carbocycles. The molecule has 0 amide bonds. The lowest BCUT2D eigenvalue weighted by atomic mass is 10.3. The van der Waals surface area contributed by atoms with E-state index in [2.05, 4.69) is 12.1 Å². The summed E-state index contributed by atoms with van der Waals surface area (Å²) in [6.45, 7) is 8.00. The summed E-state index contributed by atoms with van der Waals surface area (Å²) >= 11 is 0. The van der Waals surface area contributed by atoms with Crippen LogP contribution in [-0.4, -0.2) is 4.92 Å². The van der Waals surface area contributed by atoms with Crippen molar-refractivity contribution in [3.8, 4) is 0 Å². The highest BCUT2D eigenvalue weighted by Gasteiger charge is 2.10. The molecule has 0 aliphatic heterocycles. The van der Waals surface area contributed by atoms with E-state index in [0.29, 0.717) is 0 Å². The number of nitrogens with zero attached hydrogens (tertiary/aromatic N) is 1. The zero-order valence-corrected chi connectivity index (χ0v) is 8.80. The molecule has 0 radical (unpaired) electrons. The topological polar surface area (TPSA) is 43.1 Å². The number of hydrogen-bond donors (Lipinski definition) is 0. The van der Waals surface area contributed by atoms with E-state index in [1.807, 2.05) is 27.7 Å². The van der Waals surface area contributed by atoms with Crippen molar-refractivity contribution in [2.24, 2.45) is 0 Å². The molecule has 0 unspecified atom stereocenters. The van der Waals surface area contributed by atoms with E-state index in [-0.39, 0.29) is 0 Å². The molecular weight excluding hydrogens is 185 g/mol. The quantitative estimate of drug-likeness (QED) is 0.514. The smallest absolute Gasteiger partial charge is 0.258 e. The normalized spacial score (nSPS) is 6.93. The van der Waals surface area contributed by atoms with E-state index in [9.17, 15) is 14.5 Å². The first-order valence-corrected chi connectivity index (χ1v) is 4.43. The van der Waals surface area contributed by atoms with Crippen molar-refractivity contribution >= 4 is 5.69 Å². The van der Waals surface area contributed by atoms with Gasteiger partial charge in [-0.2, -0.15) is 4.39 Å². The molecule has 0 bridgehead atoms. The molecule has 0 atom stereocenters. The van der Waals surface area contributed by atoms with Crippen LogP contribution in [0.4, 0.5) is 10.1 Å². The first-order valence-electron chi connectivity index (χ1n) is 4.43. The second-order valence-corrected chi connectivity index (χ2v) is 1.57. The monoisotopic (exact) mass is 199 g/mol. The summed E-state index contributed by atoms with van der Waals surface area (Å²) in [5.74, 6) is -0.885. The lowest BCUT2D eigenvalue weighted by Crippen LogP contribution is -1.89. The van der Waals surface area contributed by atoms with Crippen LogP contribution in [-0.2, 0) is 0 Å². The number of rotatable bonds is 1. The lowest BCUT2D eigenvalue weighted by molar-refractivity contribution is -0.387. The number of nitro groups is 1. The molecule has 0 fully saturated rings. The fourth-order valence-corrected chi connectivity index (χ4v) is 0.498. The fourth-order valence-electron chi connectivity index (χ4n) is 0.498. The SMILES string of the molecule is CC.CC.O=[N+]([O-])c1cc#ccc1F. The maximum Gasteiger partial charge on any atom is 0.313 e. The van der Waals surface area contributed by atoms with Gasteiger partial charge in [-0.3, -0.25) is 10.1 Å². The minimum atomic E-state index is -0.885. The Labute approximate surface area is 83.7 Å². The van der Waals surface area contributed by atoms with Gasteiger partial charge in [-0.1, -0.05) is 39.8 Å². The lowest BCUT2D eigenvalue weighted by Gasteiger charge is -1.86. The van der Waals surface area contributed by atoms with E-state index in [1.165, 1.54) is 0 Å². The molecule has 1 aromatic carbocycles. The van der Waals surface area contributed by atoms with Crippen molar-refractivity contribution in [1.29, 1.82) is 0 Å². The van der Waals surface area contributed by atoms with Gasteiger partial charge in [0.05, 0.1) is 11.0 Å². The maximum absolute atomic E-state index is 12.3. The first-order chi connectivity index (χ1) is 6.72. The molecule has 0 saturated heterocycles. The van der Waals surface area contributed by atoms with Crippen molar-refractivity contribution in [2.75, 3.05) is 0 Å². The van der Waals surface area contributed by atoms with E-state index in [4.69, 9.17) is 0 Å². The molecule has 78 valence electrons. The summed E-state index contributed by atoms with van der Waals surface area (Å²) in [5, 5.41) is 9.95. The van der Waals surface area contributed by atoms with Gasteiger partial charge >= 0.3 is 5.69 Å². The molecule has 1 aromatic rings. The van der Waals surface area contributed by atoms with Crippen molar-refractivity contribution in [3.63, 3.8) is 0 Å². The van der Waals surface area contributed by atoms with Crippen LogP contribution in [0.1, 0.15) is 27.7 Å². The standard InChI is InChI=1S/C6H2FNO2.2C2H6/c7-5-3-1-2-4-6(5)8(9)10;2*1-2/h3-4H;2*1-2H3. The van der Waals surface area contributed by atoms with Crippen LogP contribution >= 0.6 is 0 Å². The van der Waals surface area contributed by atoms with Crippen LogP contribution in [0, 0.1) is 28.1 Å². The van der Waals surface area contributed by atoms with E-state index < -0.39 is 16.4 Å². The highest BCUT2D eigenvalue weighted by atomic mass is 19.1. The average Bonchev–Trinajstić information content (AvgIpc) is 2.24. The van der Waals surface area contributed by atoms with Crippen molar-refractivity contribution < 1.29 is 9.31 Å². The summed E-state index contributed by atoms with van der Waals surface area (Å²) in [5.41, 5.74) is -0.571. The third kappa shape index (κ3) is 5.09. The number of halogens is 1. The van der Waals surface area contributed by atoms with Gasteiger partial charge in [0.25, 0.3) is 0 Å². The minimum Gasteiger partial charge on any atom is -0.258 e. The average molecular weight is 199 g/mol. The molecule has 0 aromatic heterocycles. The van der Waals surface area contributed by atoms with Crippen LogP contribution < -0.4 is 0 Å². The molecule has 0 aliphatic carbocycles. The van der Waals surface area contributed by atoms with Gasteiger partial charge in [-0.25, -0.2) is 0 Å². The number of hydrogen-bond acceptors (Lipinski definition) is 2. The largest absolute Gasteiger partial charge is 0.313 e. The summed E-state index contributed by atoms with van der Waals surface area (Å²) in [7, 11) is 0. The Hall–Kier alpha value is -1.63. The maximum atomic E-state index is 12.3. The summed E-state index contributed by atoms with van der Waals surface area (Å²) in [6, 6.07) is 6.34. The van der Waals surface area contributed by atoms with E-state index in [1.54, 1.807) is 0 Å². The molecule has 1 rings (SSSR count). The predicted molar refractivity (Wildman–Crippen MR) is 53.4 cm³/mol. The second kappa shape index (κ2) is 9.46. The van der Waals surface area contributed by atoms with Gasteiger partial charge in [0.15, 0.2) is 0 Å². The Balaban J connectivity index is 0. The third-order valence-corrected chi connectivity index (χ3v) is 0.933. The molecule has 14 heavy (non-hydrogen) atoms. The fraction of sp³-hybridized carbons (Fsp3) is 0.400. The molecule has 4 heteroatoms. The highest BCUT2D eigenvalue weighted by molar-refractivity contribution is 5.27. The molecular formula is C10H14FNO2. The van der Waals surface area contributed by atoms with Gasteiger partial charge in [0.2, 0.25) is 5.82 Å². The van der Waals surface area contributed by atoms with Gasteiger partial charge < -0.3 is 0 Å². The Morgan fingerprint density at radius 1 is 1.21 bits per heavy atom. The summed E-state index contributed by atoms with van der Waals surface area (Å²) in [6.07, 6.45) is 0. The van der Waals surface area contributed by atoms with E-state index >= 15 is 0 Å². The van der Waals surface area contributed by atoms with Crippen molar-refractivity contribution in [1.82, 2.24) is 0 Å². The molecule has 0 spiro atoms. The Bertz CT molecular complexity index is 264. The third-order valence-electron chi connectivity index (χ3n) is 0.933. The molecule has 0 aliphatic rings. The van der Waals surface area contributed by atoms with Gasteiger partial charge in [-0.05, 0) is 0 Å². The summed E-state index contributed by atoms with van der Waals surface area (Å²) < 4.78 is 12.3. The first kappa shape index (κ1) is 14.9. The van der Waals surface area contributed by atoms with Crippen LogP contribution in [0.25, 0.3) is 0 Å². The predicted octanol–water partition coefficient (Wildman–Crippen LogP) is 3.39. The Kier molecular flexibility index (Phi) is 10.0. The highest BCUT2D eigenvalue weighted by Crippen LogP contribution is 2.11. The van der Waals surface area contributed by atoms with E-state index in [0.717, 1.165) is 12.1 Å². The van der Waals surface area contributed by atoms with Crippen LogP contribution in [0.3, 0.4) is 0 Å². The van der Waals surface area contributed by atoms with Gasteiger partial charge in [0.1, 0.15) is 0 Å². The van der Waals surface area contributed by atoms with Crippen LogP contribution in [0.2, 0.25) is 0 Å². The van der Waals surface area contributed by atoms with Gasteiger partial charge in [0, 0.05) is 6.07 Å². The van der Waals surface area contributed by atoms with Crippen LogP contribution in [0.5, 0.6) is 0 Å². The van der Waals surface area contributed by atoms with Crippen molar-refractivity contribution in [3.05, 3.63) is 40.2 Å². The zero-order valence-electron chi connectivity index (χ0n) is 8.80. The summed E-state index contributed by atoms with van der Waals surface area (Å²) in [4.78, 5) is 9.15. The van der Waals surface area contributed by atoms with Crippen molar-refractivity contribution in [2.45, 2.75) is 27.7 Å². The molecule has 0 N–H and O–H groups in total. The second-order valence-electron chi connectivity index (χ2n) is 1.57.